The van der Waals surface area contributed by atoms with E-state index >= 15 is 0 Å². The van der Waals surface area contributed by atoms with Crippen LogP contribution >= 0.6 is 0 Å². The van der Waals surface area contributed by atoms with Crippen molar-refractivity contribution >= 4 is 0 Å². The average Bonchev–Trinajstić information content (AvgIpc) is 2.25. The molecular weight excluding hydrogens is 188 g/mol. The van der Waals surface area contributed by atoms with Crippen molar-refractivity contribution in [2.45, 2.75) is 33.6 Å². The number of hydrogen-bond donors (Lipinski definition) is 0. The molecule has 0 aliphatic carbocycles. The van der Waals surface area contributed by atoms with Gasteiger partial charge in [-0.05, 0) is 37.5 Å². The molecule has 0 atom stereocenters. The molecular formula is C13H20O2. The molecule has 0 saturated carbocycles. The van der Waals surface area contributed by atoms with Crippen LogP contribution in [0.2, 0.25) is 0 Å². The molecule has 0 aromatic heterocycles. The lowest BCUT2D eigenvalue weighted by Crippen LogP contribution is -2.01. The number of benzene rings is 1. The number of rotatable bonds is 6. The number of aryl methyl sites for hydroxylation is 1. The van der Waals surface area contributed by atoms with Gasteiger partial charge >= 0.3 is 0 Å². The summed E-state index contributed by atoms with van der Waals surface area (Å²) in [5.41, 5.74) is 1.20. The standard InChI is InChI=1S/C13H20O2/c1-4-8-14-12-7-6-11(3)10-13(12)15-9-5-2/h6-7,10H,4-5,8-9H2,1-3H3. The fourth-order valence-electron chi connectivity index (χ4n) is 1.27. The van der Waals surface area contributed by atoms with Crippen LogP contribution in [0.25, 0.3) is 0 Å². The zero-order chi connectivity index (χ0) is 11.1. The Hall–Kier alpha value is -1.18. The quantitative estimate of drug-likeness (QED) is 0.711. The van der Waals surface area contributed by atoms with Gasteiger partial charge in [-0.2, -0.15) is 0 Å². The van der Waals surface area contributed by atoms with Crippen LogP contribution < -0.4 is 9.47 Å². The molecule has 0 bridgehead atoms. The van der Waals surface area contributed by atoms with Crippen LogP contribution in [0.1, 0.15) is 32.3 Å². The van der Waals surface area contributed by atoms with Crippen LogP contribution in [0.4, 0.5) is 0 Å². The molecule has 1 aromatic carbocycles. The Morgan fingerprint density at radius 3 is 2.13 bits per heavy atom. The first kappa shape index (κ1) is 11.9. The van der Waals surface area contributed by atoms with Gasteiger partial charge in [0.25, 0.3) is 0 Å². The van der Waals surface area contributed by atoms with E-state index in [9.17, 15) is 0 Å². The van der Waals surface area contributed by atoms with Crippen LogP contribution in [-0.4, -0.2) is 13.2 Å². The second-order valence-electron chi connectivity index (χ2n) is 3.65. The molecule has 0 amide bonds. The molecule has 0 unspecified atom stereocenters. The van der Waals surface area contributed by atoms with Crippen LogP contribution in [0.15, 0.2) is 18.2 Å². The van der Waals surface area contributed by atoms with E-state index in [4.69, 9.17) is 9.47 Å². The third-order valence-corrected chi connectivity index (χ3v) is 2.02. The van der Waals surface area contributed by atoms with Gasteiger partial charge in [-0.25, -0.2) is 0 Å². The lowest BCUT2D eigenvalue weighted by molar-refractivity contribution is 0.268. The fourth-order valence-corrected chi connectivity index (χ4v) is 1.27. The van der Waals surface area contributed by atoms with E-state index < -0.39 is 0 Å². The van der Waals surface area contributed by atoms with Gasteiger partial charge in [0.15, 0.2) is 11.5 Å². The third-order valence-electron chi connectivity index (χ3n) is 2.02. The molecule has 0 N–H and O–H groups in total. The van der Waals surface area contributed by atoms with Gasteiger partial charge in [-0.3, -0.25) is 0 Å². The van der Waals surface area contributed by atoms with Gasteiger partial charge in [-0.1, -0.05) is 19.9 Å². The maximum Gasteiger partial charge on any atom is 0.161 e. The second kappa shape index (κ2) is 6.33. The van der Waals surface area contributed by atoms with E-state index in [1.807, 2.05) is 18.2 Å². The Bertz CT molecular complexity index is 295. The maximum atomic E-state index is 5.64. The van der Waals surface area contributed by atoms with Crippen LogP contribution in [0.5, 0.6) is 11.5 Å². The zero-order valence-corrected chi connectivity index (χ0v) is 9.88. The summed E-state index contributed by atoms with van der Waals surface area (Å²) in [5, 5.41) is 0. The Morgan fingerprint density at radius 2 is 1.53 bits per heavy atom. The molecule has 84 valence electrons. The maximum absolute atomic E-state index is 5.64. The van der Waals surface area contributed by atoms with Crippen molar-refractivity contribution in [1.29, 1.82) is 0 Å². The Balaban J connectivity index is 2.73. The second-order valence-corrected chi connectivity index (χ2v) is 3.65. The Labute approximate surface area is 92.2 Å². The predicted octanol–water partition coefficient (Wildman–Crippen LogP) is 3.57. The van der Waals surface area contributed by atoms with Crippen LogP contribution in [0, 0.1) is 6.92 Å². The van der Waals surface area contributed by atoms with E-state index in [2.05, 4.69) is 20.8 Å². The van der Waals surface area contributed by atoms with Gasteiger partial charge in [0, 0.05) is 0 Å². The van der Waals surface area contributed by atoms with Crippen molar-refractivity contribution < 1.29 is 9.47 Å². The molecule has 0 aliphatic rings. The lowest BCUT2D eigenvalue weighted by atomic mass is 10.2. The first-order valence-corrected chi connectivity index (χ1v) is 5.64. The Kier molecular flexibility index (Phi) is 5.02. The summed E-state index contributed by atoms with van der Waals surface area (Å²) in [6, 6.07) is 6.06. The lowest BCUT2D eigenvalue weighted by Gasteiger charge is -2.12. The smallest absolute Gasteiger partial charge is 0.161 e. The van der Waals surface area contributed by atoms with E-state index in [1.54, 1.807) is 0 Å². The van der Waals surface area contributed by atoms with Gasteiger partial charge in [0.05, 0.1) is 13.2 Å². The summed E-state index contributed by atoms with van der Waals surface area (Å²) in [7, 11) is 0. The largest absolute Gasteiger partial charge is 0.490 e. The highest BCUT2D eigenvalue weighted by molar-refractivity contribution is 5.42. The molecule has 15 heavy (non-hydrogen) atoms. The molecule has 0 aliphatic heterocycles. The molecule has 1 rings (SSSR count). The number of ether oxygens (including phenoxy) is 2. The first-order valence-electron chi connectivity index (χ1n) is 5.64. The fraction of sp³-hybridized carbons (Fsp3) is 0.538. The van der Waals surface area contributed by atoms with Crippen molar-refractivity contribution in [2.24, 2.45) is 0 Å². The topological polar surface area (TPSA) is 18.5 Å². The molecule has 0 fully saturated rings. The summed E-state index contributed by atoms with van der Waals surface area (Å²) in [4.78, 5) is 0. The summed E-state index contributed by atoms with van der Waals surface area (Å²) in [6.45, 7) is 7.74. The molecule has 0 saturated heterocycles. The molecule has 0 spiro atoms. The van der Waals surface area contributed by atoms with Crippen molar-refractivity contribution in [3.8, 4) is 11.5 Å². The van der Waals surface area contributed by atoms with Crippen LogP contribution in [-0.2, 0) is 0 Å². The molecule has 2 heteroatoms. The minimum absolute atomic E-state index is 0.742. The Morgan fingerprint density at radius 1 is 0.933 bits per heavy atom. The van der Waals surface area contributed by atoms with Gasteiger partial charge < -0.3 is 9.47 Å². The minimum Gasteiger partial charge on any atom is -0.490 e. The van der Waals surface area contributed by atoms with Crippen LogP contribution in [0.3, 0.4) is 0 Å². The zero-order valence-electron chi connectivity index (χ0n) is 9.88. The molecule has 1 aromatic rings. The highest BCUT2D eigenvalue weighted by Crippen LogP contribution is 2.28. The molecule has 0 radical (unpaired) electrons. The minimum atomic E-state index is 0.742. The average molecular weight is 208 g/mol. The highest BCUT2D eigenvalue weighted by atomic mass is 16.5. The van der Waals surface area contributed by atoms with E-state index in [0.29, 0.717) is 0 Å². The first-order chi connectivity index (χ1) is 7.27. The van der Waals surface area contributed by atoms with Gasteiger partial charge in [-0.15, -0.1) is 0 Å². The third kappa shape index (κ3) is 3.82. The predicted molar refractivity (Wildman–Crippen MR) is 62.8 cm³/mol. The monoisotopic (exact) mass is 208 g/mol. The van der Waals surface area contributed by atoms with Crippen molar-refractivity contribution in [3.05, 3.63) is 23.8 Å². The SMILES string of the molecule is CCCOc1ccc(C)cc1OCCC. The summed E-state index contributed by atoms with van der Waals surface area (Å²) < 4.78 is 11.3. The molecule has 0 heterocycles. The van der Waals surface area contributed by atoms with Gasteiger partial charge in [0.2, 0.25) is 0 Å². The number of hydrogen-bond acceptors (Lipinski definition) is 2. The summed E-state index contributed by atoms with van der Waals surface area (Å²) in [6.07, 6.45) is 2.03. The van der Waals surface area contributed by atoms with Crippen molar-refractivity contribution in [3.63, 3.8) is 0 Å². The van der Waals surface area contributed by atoms with E-state index in [-0.39, 0.29) is 0 Å². The summed E-state index contributed by atoms with van der Waals surface area (Å²) >= 11 is 0. The van der Waals surface area contributed by atoms with E-state index in [0.717, 1.165) is 37.6 Å². The van der Waals surface area contributed by atoms with Gasteiger partial charge in [0.1, 0.15) is 0 Å². The van der Waals surface area contributed by atoms with Crippen molar-refractivity contribution in [2.75, 3.05) is 13.2 Å². The highest BCUT2D eigenvalue weighted by Gasteiger charge is 2.04. The summed E-state index contributed by atoms with van der Waals surface area (Å²) in [5.74, 6) is 1.72. The molecule has 2 nitrogen and oxygen atoms in total. The van der Waals surface area contributed by atoms with E-state index in [1.165, 1.54) is 5.56 Å². The normalized spacial score (nSPS) is 10.1. The van der Waals surface area contributed by atoms with Crippen molar-refractivity contribution in [1.82, 2.24) is 0 Å².